The molecule has 0 saturated carbocycles. The second-order valence-electron chi connectivity index (χ2n) is 4.10. The topological polar surface area (TPSA) is 118 Å². The number of carboxylic acids is 2. The molecular weight excluding hydrogens is 244 g/mol. The first-order valence-corrected chi connectivity index (χ1v) is 5.55. The molecule has 0 aromatic heterocycles. The first-order chi connectivity index (χ1) is 8.45. The molecule has 2 amide bonds. The van der Waals surface area contributed by atoms with E-state index < -0.39 is 31.1 Å². The van der Waals surface area contributed by atoms with Gasteiger partial charge in [-0.25, -0.2) is 4.79 Å². The van der Waals surface area contributed by atoms with Crippen molar-refractivity contribution in [3.63, 3.8) is 0 Å². The fourth-order valence-corrected chi connectivity index (χ4v) is 1.98. The molecule has 0 bridgehead atoms. The van der Waals surface area contributed by atoms with E-state index in [1.807, 2.05) is 0 Å². The number of hydrogen-bond acceptors (Lipinski definition) is 4. The van der Waals surface area contributed by atoms with Gasteiger partial charge in [0.15, 0.2) is 0 Å². The highest BCUT2D eigenvalue weighted by atomic mass is 16.4. The number of aliphatic carboxylic acids is 2. The Bertz CT molecular complexity index is 329. The van der Waals surface area contributed by atoms with Crippen LogP contribution in [-0.2, 0) is 9.59 Å². The van der Waals surface area contributed by atoms with Crippen LogP contribution in [0.1, 0.15) is 12.8 Å². The van der Waals surface area contributed by atoms with Gasteiger partial charge in [-0.1, -0.05) is 0 Å². The van der Waals surface area contributed by atoms with Crippen molar-refractivity contribution in [3.8, 4) is 0 Å². The van der Waals surface area contributed by atoms with E-state index in [-0.39, 0.29) is 12.6 Å². The smallest absolute Gasteiger partial charge is 0.323 e. The first kappa shape index (κ1) is 14.2. The van der Waals surface area contributed by atoms with Crippen LogP contribution in [0.3, 0.4) is 0 Å². The number of amides is 2. The van der Waals surface area contributed by atoms with Crippen molar-refractivity contribution >= 4 is 18.0 Å². The highest BCUT2D eigenvalue weighted by molar-refractivity contribution is 5.84. The molecule has 0 spiro atoms. The Kier molecular flexibility index (Phi) is 4.90. The van der Waals surface area contributed by atoms with Crippen LogP contribution in [0.4, 0.5) is 4.79 Å². The number of likely N-dealkylation sites (tertiary alicyclic amines) is 1. The molecule has 1 atom stereocenters. The molecule has 0 aliphatic carbocycles. The molecule has 1 rings (SSSR count). The molecule has 0 aromatic rings. The van der Waals surface area contributed by atoms with Gasteiger partial charge in [-0.3, -0.25) is 9.59 Å². The van der Waals surface area contributed by atoms with Gasteiger partial charge in [0.25, 0.3) is 0 Å². The van der Waals surface area contributed by atoms with E-state index in [1.54, 1.807) is 0 Å². The molecule has 1 heterocycles. The summed E-state index contributed by atoms with van der Waals surface area (Å²) in [5, 5.41) is 26.4. The summed E-state index contributed by atoms with van der Waals surface area (Å²) >= 11 is 0. The number of carbonyl (C=O) groups is 3. The largest absolute Gasteiger partial charge is 0.480 e. The molecule has 8 nitrogen and oxygen atoms in total. The van der Waals surface area contributed by atoms with E-state index in [1.165, 1.54) is 4.90 Å². The van der Waals surface area contributed by atoms with Gasteiger partial charge in [0.1, 0.15) is 13.1 Å². The Labute approximate surface area is 103 Å². The third kappa shape index (κ3) is 3.59. The Morgan fingerprint density at radius 3 is 2.17 bits per heavy atom. The van der Waals surface area contributed by atoms with E-state index in [4.69, 9.17) is 15.3 Å². The Balaban J connectivity index is 2.74. The minimum absolute atomic E-state index is 0.209. The fraction of sp³-hybridized carbons (Fsp3) is 0.700. The van der Waals surface area contributed by atoms with Crippen molar-refractivity contribution in [2.24, 2.45) is 0 Å². The first-order valence-electron chi connectivity index (χ1n) is 5.55. The van der Waals surface area contributed by atoms with Gasteiger partial charge >= 0.3 is 18.0 Å². The molecule has 1 aliphatic heterocycles. The lowest BCUT2D eigenvalue weighted by atomic mass is 10.2. The zero-order valence-electron chi connectivity index (χ0n) is 9.78. The summed E-state index contributed by atoms with van der Waals surface area (Å²) in [6.45, 7) is -1.14. The lowest BCUT2D eigenvalue weighted by molar-refractivity contribution is -0.140. The van der Waals surface area contributed by atoms with Gasteiger partial charge in [-0.05, 0) is 12.8 Å². The number of hydrogen-bond donors (Lipinski definition) is 3. The molecular formula is C10H16N2O6. The van der Waals surface area contributed by atoms with Gasteiger partial charge in [-0.2, -0.15) is 0 Å². The minimum atomic E-state index is -1.27. The van der Waals surface area contributed by atoms with Crippen LogP contribution in [0.5, 0.6) is 0 Å². The number of carboxylic acid groups (broad SMARTS) is 2. The van der Waals surface area contributed by atoms with E-state index in [0.29, 0.717) is 19.4 Å². The van der Waals surface area contributed by atoms with Crippen molar-refractivity contribution in [1.29, 1.82) is 0 Å². The third-order valence-corrected chi connectivity index (χ3v) is 2.76. The highest BCUT2D eigenvalue weighted by Crippen LogP contribution is 2.18. The quantitative estimate of drug-likeness (QED) is 0.585. The maximum absolute atomic E-state index is 12.0. The van der Waals surface area contributed by atoms with Crippen LogP contribution in [-0.4, -0.2) is 75.4 Å². The van der Waals surface area contributed by atoms with Gasteiger partial charge in [-0.15, -0.1) is 0 Å². The van der Waals surface area contributed by atoms with Crippen molar-refractivity contribution in [1.82, 2.24) is 9.80 Å². The van der Waals surface area contributed by atoms with Crippen molar-refractivity contribution in [3.05, 3.63) is 0 Å². The Morgan fingerprint density at radius 2 is 1.72 bits per heavy atom. The predicted octanol–water partition coefficient (Wildman–Crippen LogP) is -0.966. The predicted molar refractivity (Wildman–Crippen MR) is 59.1 cm³/mol. The Morgan fingerprint density at radius 1 is 1.17 bits per heavy atom. The molecule has 3 N–H and O–H groups in total. The average Bonchev–Trinajstić information content (AvgIpc) is 2.73. The summed E-state index contributed by atoms with van der Waals surface area (Å²) < 4.78 is 0. The lowest BCUT2D eigenvalue weighted by Gasteiger charge is -2.29. The molecule has 1 unspecified atom stereocenters. The van der Waals surface area contributed by atoms with E-state index >= 15 is 0 Å². The number of rotatable bonds is 5. The lowest BCUT2D eigenvalue weighted by Crippen LogP contribution is -2.49. The monoisotopic (exact) mass is 260 g/mol. The number of aliphatic hydroxyl groups is 1. The van der Waals surface area contributed by atoms with Crippen LogP contribution in [0.15, 0.2) is 0 Å². The molecule has 0 radical (unpaired) electrons. The standard InChI is InChI=1S/C10H16N2O6/c13-6-7-2-1-3-12(7)10(18)11(4-8(14)15)5-9(16)17/h7,13H,1-6H2,(H,14,15)(H,16,17). The molecule has 18 heavy (non-hydrogen) atoms. The van der Waals surface area contributed by atoms with Gasteiger partial charge in [0.05, 0.1) is 12.6 Å². The van der Waals surface area contributed by atoms with Gasteiger partial charge in [0, 0.05) is 6.54 Å². The number of carbonyl (C=O) groups excluding carboxylic acids is 1. The number of urea groups is 1. The van der Waals surface area contributed by atoms with Gasteiger partial charge in [0.2, 0.25) is 0 Å². The third-order valence-electron chi connectivity index (χ3n) is 2.76. The van der Waals surface area contributed by atoms with Crippen LogP contribution in [0, 0.1) is 0 Å². The fourth-order valence-electron chi connectivity index (χ4n) is 1.98. The summed E-state index contributed by atoms with van der Waals surface area (Å²) in [5.41, 5.74) is 0. The van der Waals surface area contributed by atoms with E-state index in [2.05, 4.69) is 0 Å². The zero-order valence-corrected chi connectivity index (χ0v) is 9.78. The maximum atomic E-state index is 12.0. The summed E-state index contributed by atoms with van der Waals surface area (Å²) in [6.07, 6.45) is 1.35. The normalized spacial score (nSPS) is 18.7. The van der Waals surface area contributed by atoms with E-state index in [0.717, 1.165) is 4.90 Å². The summed E-state index contributed by atoms with van der Waals surface area (Å²) in [4.78, 5) is 35.3. The molecule has 102 valence electrons. The van der Waals surface area contributed by atoms with Crippen molar-refractivity contribution in [2.75, 3.05) is 26.2 Å². The number of aliphatic hydroxyl groups excluding tert-OH is 1. The Hall–Kier alpha value is -1.83. The van der Waals surface area contributed by atoms with Crippen LogP contribution >= 0.6 is 0 Å². The second kappa shape index (κ2) is 6.20. The van der Waals surface area contributed by atoms with Crippen LogP contribution < -0.4 is 0 Å². The molecule has 1 saturated heterocycles. The SMILES string of the molecule is O=C(O)CN(CC(=O)O)C(=O)N1CCCC1CO. The minimum Gasteiger partial charge on any atom is -0.480 e. The van der Waals surface area contributed by atoms with Crippen LogP contribution in [0.2, 0.25) is 0 Å². The summed E-state index contributed by atoms with van der Waals surface area (Å²) in [7, 11) is 0. The van der Waals surface area contributed by atoms with Crippen molar-refractivity contribution < 1.29 is 29.7 Å². The second-order valence-corrected chi connectivity index (χ2v) is 4.10. The summed E-state index contributed by atoms with van der Waals surface area (Å²) in [6, 6.07) is -1.01. The highest BCUT2D eigenvalue weighted by Gasteiger charge is 2.32. The average molecular weight is 260 g/mol. The van der Waals surface area contributed by atoms with Crippen molar-refractivity contribution in [2.45, 2.75) is 18.9 Å². The number of nitrogens with zero attached hydrogens (tertiary/aromatic N) is 2. The maximum Gasteiger partial charge on any atom is 0.323 e. The molecule has 8 heteroatoms. The molecule has 1 aliphatic rings. The van der Waals surface area contributed by atoms with Gasteiger partial charge < -0.3 is 25.1 Å². The molecule has 1 fully saturated rings. The van der Waals surface area contributed by atoms with Crippen LogP contribution in [0.25, 0.3) is 0 Å². The summed E-state index contributed by atoms with van der Waals surface area (Å²) in [5.74, 6) is -2.55. The molecule has 0 aromatic carbocycles. The zero-order chi connectivity index (χ0) is 13.7. The van der Waals surface area contributed by atoms with E-state index in [9.17, 15) is 14.4 Å².